The van der Waals surface area contributed by atoms with Crippen molar-refractivity contribution in [2.75, 3.05) is 22.4 Å². The molecule has 3 rings (SSSR count). The Morgan fingerprint density at radius 3 is 2.58 bits per heavy atom. The number of aromatic nitrogens is 3. The summed E-state index contributed by atoms with van der Waals surface area (Å²) in [6, 6.07) is 7.75. The van der Waals surface area contributed by atoms with Gasteiger partial charge in [0.25, 0.3) is 5.91 Å². The van der Waals surface area contributed by atoms with Crippen LogP contribution in [0.3, 0.4) is 0 Å². The van der Waals surface area contributed by atoms with Crippen molar-refractivity contribution in [3.05, 3.63) is 47.7 Å². The van der Waals surface area contributed by atoms with E-state index in [0.29, 0.717) is 12.2 Å². The number of anilines is 3. The number of sulfonamides is 1. The van der Waals surface area contributed by atoms with Crippen molar-refractivity contribution in [1.29, 1.82) is 0 Å². The maximum absolute atomic E-state index is 13.0. The summed E-state index contributed by atoms with van der Waals surface area (Å²) in [5.74, 6) is -1.16. The number of nitrogens with two attached hydrogens (primary N) is 1. The monoisotopic (exact) mass is 526 g/mol. The molecule has 0 bridgehead atoms. The lowest BCUT2D eigenvalue weighted by atomic mass is 10.1. The van der Waals surface area contributed by atoms with Crippen LogP contribution < -0.4 is 20.5 Å². The van der Waals surface area contributed by atoms with E-state index in [-0.39, 0.29) is 40.1 Å². The van der Waals surface area contributed by atoms with E-state index >= 15 is 0 Å². The van der Waals surface area contributed by atoms with Crippen LogP contribution in [0.25, 0.3) is 11.3 Å². The number of H-pyrrole nitrogens is 1. The van der Waals surface area contributed by atoms with E-state index < -0.39 is 27.8 Å². The molecule has 14 heteroatoms. The van der Waals surface area contributed by atoms with Gasteiger partial charge in [0.15, 0.2) is 5.82 Å². The summed E-state index contributed by atoms with van der Waals surface area (Å²) < 4.78 is 71.4. The third kappa shape index (κ3) is 6.44. The zero-order valence-corrected chi connectivity index (χ0v) is 20.3. The molecule has 3 aromatic rings. The Bertz CT molecular complexity index is 1340. The van der Waals surface area contributed by atoms with E-state index in [2.05, 4.69) is 25.2 Å². The first-order valence-corrected chi connectivity index (χ1v) is 12.6. The largest absolute Gasteiger partial charge is 0.491 e. The van der Waals surface area contributed by atoms with Gasteiger partial charge in [-0.3, -0.25) is 14.6 Å². The number of hydrogen-bond acceptors (Lipinski definition) is 7. The SMILES string of the molecule is CCCCOc1cc(-c2[nH]nc(Nc3cccc(C(F)(F)F)n3)c2C(N)=O)ccc1NS(=O)(=O)CC. The number of alkyl halides is 3. The molecule has 2 aromatic heterocycles. The number of unbranched alkanes of at least 4 members (excludes halogenated alkanes) is 1. The number of pyridine rings is 1. The average molecular weight is 527 g/mol. The van der Waals surface area contributed by atoms with Gasteiger partial charge in [0.1, 0.15) is 22.8 Å². The fourth-order valence-corrected chi connectivity index (χ4v) is 3.76. The lowest BCUT2D eigenvalue weighted by Gasteiger charge is -2.14. The van der Waals surface area contributed by atoms with Gasteiger partial charge in [-0.05, 0) is 37.6 Å². The smallest absolute Gasteiger partial charge is 0.433 e. The van der Waals surface area contributed by atoms with Crippen LogP contribution in [0.2, 0.25) is 0 Å². The Hall–Kier alpha value is -3.81. The van der Waals surface area contributed by atoms with Crippen molar-refractivity contribution in [2.45, 2.75) is 32.9 Å². The van der Waals surface area contributed by atoms with Crippen LogP contribution in [0.5, 0.6) is 5.75 Å². The molecule has 0 saturated heterocycles. The van der Waals surface area contributed by atoms with Gasteiger partial charge >= 0.3 is 6.18 Å². The Kier molecular flexibility index (Phi) is 8.07. The summed E-state index contributed by atoms with van der Waals surface area (Å²) in [5.41, 5.74) is 5.05. The normalized spacial score (nSPS) is 11.8. The van der Waals surface area contributed by atoms with Crippen molar-refractivity contribution in [3.8, 4) is 17.0 Å². The molecule has 0 radical (unpaired) electrons. The number of ether oxygens (including phenoxy) is 1. The van der Waals surface area contributed by atoms with Crippen molar-refractivity contribution in [1.82, 2.24) is 15.2 Å². The molecule has 0 spiro atoms. The van der Waals surface area contributed by atoms with E-state index in [4.69, 9.17) is 10.5 Å². The number of benzene rings is 1. The predicted molar refractivity (Wildman–Crippen MR) is 129 cm³/mol. The van der Waals surface area contributed by atoms with Crippen molar-refractivity contribution >= 4 is 33.3 Å². The highest BCUT2D eigenvalue weighted by molar-refractivity contribution is 7.92. The summed E-state index contributed by atoms with van der Waals surface area (Å²) in [4.78, 5) is 15.8. The van der Waals surface area contributed by atoms with Gasteiger partial charge in [-0.15, -0.1) is 0 Å². The van der Waals surface area contributed by atoms with E-state index in [9.17, 15) is 26.4 Å². The van der Waals surface area contributed by atoms with Crippen molar-refractivity contribution in [2.24, 2.45) is 5.73 Å². The number of carbonyl (C=O) groups is 1. The number of primary amides is 1. The molecule has 1 amide bonds. The lowest BCUT2D eigenvalue weighted by molar-refractivity contribution is -0.141. The third-order valence-electron chi connectivity index (χ3n) is 4.97. The molecular weight excluding hydrogens is 501 g/mol. The molecule has 0 atom stereocenters. The second-order valence-electron chi connectivity index (χ2n) is 7.64. The third-order valence-corrected chi connectivity index (χ3v) is 6.26. The molecule has 5 N–H and O–H groups in total. The first-order chi connectivity index (χ1) is 16.9. The summed E-state index contributed by atoms with van der Waals surface area (Å²) in [6.45, 7) is 3.78. The molecule has 10 nitrogen and oxygen atoms in total. The molecule has 2 heterocycles. The fourth-order valence-electron chi connectivity index (χ4n) is 3.11. The minimum absolute atomic E-state index is 0.129. The van der Waals surface area contributed by atoms with E-state index in [1.807, 2.05) is 6.92 Å². The minimum atomic E-state index is -4.66. The van der Waals surface area contributed by atoms with Crippen LogP contribution in [0, 0.1) is 0 Å². The Balaban J connectivity index is 2.01. The lowest BCUT2D eigenvalue weighted by Crippen LogP contribution is -2.16. The number of rotatable bonds is 11. The quantitative estimate of drug-likeness (QED) is 0.272. The maximum atomic E-state index is 13.0. The number of aromatic amines is 1. The summed E-state index contributed by atoms with van der Waals surface area (Å²) in [6.07, 6.45) is -3.09. The van der Waals surface area contributed by atoms with E-state index in [1.54, 1.807) is 0 Å². The molecule has 36 heavy (non-hydrogen) atoms. The van der Waals surface area contributed by atoms with Gasteiger partial charge in [-0.2, -0.15) is 18.3 Å². The van der Waals surface area contributed by atoms with Crippen LogP contribution in [0.15, 0.2) is 36.4 Å². The predicted octanol–water partition coefficient (Wildman–Crippen LogP) is 4.27. The summed E-state index contributed by atoms with van der Waals surface area (Å²) >= 11 is 0. The Morgan fingerprint density at radius 2 is 1.94 bits per heavy atom. The number of halogens is 3. The number of carbonyl (C=O) groups excluding carboxylic acids is 1. The molecule has 0 aliphatic rings. The highest BCUT2D eigenvalue weighted by Crippen LogP contribution is 2.35. The first-order valence-electron chi connectivity index (χ1n) is 10.9. The molecule has 0 unspecified atom stereocenters. The van der Waals surface area contributed by atoms with E-state index in [0.717, 1.165) is 25.0 Å². The van der Waals surface area contributed by atoms with Gasteiger partial charge in [-0.25, -0.2) is 13.4 Å². The number of hydrogen-bond donors (Lipinski definition) is 4. The first kappa shape index (κ1) is 26.8. The zero-order valence-electron chi connectivity index (χ0n) is 19.4. The zero-order chi connectivity index (χ0) is 26.5. The van der Waals surface area contributed by atoms with Gasteiger partial charge in [0.05, 0.1) is 23.7 Å². The Labute approximate surface area is 205 Å². The topological polar surface area (TPSA) is 152 Å². The molecular formula is C22H25F3N6O4S. The number of nitrogens with zero attached hydrogens (tertiary/aromatic N) is 2. The molecule has 1 aromatic carbocycles. The summed E-state index contributed by atoms with van der Waals surface area (Å²) in [7, 11) is -3.59. The number of amides is 1. The van der Waals surface area contributed by atoms with Crippen LogP contribution in [-0.4, -0.2) is 41.9 Å². The molecule has 0 fully saturated rings. The van der Waals surface area contributed by atoms with Crippen LogP contribution in [0.4, 0.5) is 30.5 Å². The highest BCUT2D eigenvalue weighted by Gasteiger charge is 2.32. The second-order valence-corrected chi connectivity index (χ2v) is 9.65. The highest BCUT2D eigenvalue weighted by atomic mass is 32.2. The molecule has 0 aliphatic heterocycles. The maximum Gasteiger partial charge on any atom is 0.433 e. The number of nitrogens with one attached hydrogen (secondary N) is 3. The van der Waals surface area contributed by atoms with Crippen molar-refractivity contribution in [3.63, 3.8) is 0 Å². The Morgan fingerprint density at radius 1 is 1.19 bits per heavy atom. The average Bonchev–Trinajstić information content (AvgIpc) is 3.23. The van der Waals surface area contributed by atoms with E-state index in [1.165, 1.54) is 31.2 Å². The van der Waals surface area contributed by atoms with Gasteiger partial charge < -0.3 is 15.8 Å². The molecule has 194 valence electrons. The fraction of sp³-hybridized carbons (Fsp3) is 0.318. The minimum Gasteiger partial charge on any atom is -0.491 e. The van der Waals surface area contributed by atoms with Gasteiger partial charge in [0, 0.05) is 5.56 Å². The van der Waals surface area contributed by atoms with Crippen molar-refractivity contribution < 1.29 is 31.1 Å². The van der Waals surface area contributed by atoms with Gasteiger partial charge in [0.2, 0.25) is 10.0 Å². The van der Waals surface area contributed by atoms with Crippen LogP contribution in [0.1, 0.15) is 42.7 Å². The molecule has 0 aliphatic carbocycles. The van der Waals surface area contributed by atoms with Crippen LogP contribution in [-0.2, 0) is 16.2 Å². The van der Waals surface area contributed by atoms with Crippen LogP contribution >= 0.6 is 0 Å². The standard InChI is InChI=1S/C22H25F3N6O4S/c1-3-5-11-35-15-12-13(9-10-14(15)31-36(33,34)4-2)19-18(20(26)32)21(30-29-19)28-17-8-6-7-16(27-17)22(23,24)25/h6-10,12,31H,3-5,11H2,1-2H3,(H2,26,32)(H2,27,28,29,30). The van der Waals surface area contributed by atoms with Gasteiger partial charge in [-0.1, -0.05) is 25.5 Å². The second kappa shape index (κ2) is 10.8. The summed E-state index contributed by atoms with van der Waals surface area (Å²) in [5, 5.41) is 9.23. The molecule has 0 saturated carbocycles.